The Morgan fingerprint density at radius 3 is 2.38 bits per heavy atom. The molecular formula is C25H28N2O4S. The lowest BCUT2D eigenvalue weighted by atomic mass is 9.91. The number of sulfonamides is 1. The number of nitrogens with zero attached hydrogens (tertiary/aromatic N) is 2. The molecule has 7 heteroatoms. The van der Waals surface area contributed by atoms with E-state index in [4.69, 9.17) is 0 Å². The third-order valence-corrected chi connectivity index (χ3v) is 8.07. The van der Waals surface area contributed by atoms with Gasteiger partial charge in [-0.05, 0) is 50.5 Å². The van der Waals surface area contributed by atoms with Gasteiger partial charge >= 0.3 is 0 Å². The summed E-state index contributed by atoms with van der Waals surface area (Å²) in [4.78, 5) is 25.1. The molecule has 0 amide bonds. The first-order valence-electron chi connectivity index (χ1n) is 10.9. The van der Waals surface area contributed by atoms with Gasteiger partial charge < -0.3 is 0 Å². The molecule has 0 bridgehead atoms. The number of aryl methyl sites for hydroxylation is 1. The van der Waals surface area contributed by atoms with E-state index in [9.17, 15) is 18.0 Å². The number of piperidine rings is 1. The third-order valence-electron chi connectivity index (χ3n) is 6.19. The van der Waals surface area contributed by atoms with E-state index in [2.05, 4.69) is 0 Å². The van der Waals surface area contributed by atoms with Gasteiger partial charge in [0.25, 0.3) is 0 Å². The molecule has 4 rings (SSSR count). The molecule has 1 unspecified atom stereocenters. The minimum absolute atomic E-state index is 0.0117. The molecule has 32 heavy (non-hydrogen) atoms. The molecule has 3 aromatic rings. The van der Waals surface area contributed by atoms with Crippen LogP contribution < -0.4 is 0 Å². The predicted molar refractivity (Wildman–Crippen MR) is 125 cm³/mol. The van der Waals surface area contributed by atoms with Crippen LogP contribution in [0, 0.1) is 6.92 Å². The largest absolute Gasteiger partial charge is 0.300 e. The van der Waals surface area contributed by atoms with E-state index >= 15 is 0 Å². The molecule has 0 radical (unpaired) electrons. The molecule has 1 aliphatic rings. The summed E-state index contributed by atoms with van der Waals surface area (Å²) in [6, 6.07) is 14.5. The number of hydrogen-bond donors (Lipinski definition) is 0. The third kappa shape index (κ3) is 4.02. The lowest BCUT2D eigenvalue weighted by molar-refractivity contribution is -0.116. The maximum atomic E-state index is 13.3. The van der Waals surface area contributed by atoms with Crippen molar-refractivity contribution in [2.45, 2.75) is 50.8 Å². The van der Waals surface area contributed by atoms with Crippen LogP contribution in [0.5, 0.6) is 0 Å². The Labute approximate surface area is 188 Å². The fraction of sp³-hybridized carbons (Fsp3) is 0.360. The number of fused-ring (bicyclic) bond motifs is 1. The smallest absolute Gasteiger partial charge is 0.243 e. The zero-order valence-corrected chi connectivity index (χ0v) is 19.5. The zero-order chi connectivity index (χ0) is 23.0. The van der Waals surface area contributed by atoms with Crippen molar-refractivity contribution in [3.05, 3.63) is 65.4 Å². The zero-order valence-electron chi connectivity index (χ0n) is 18.7. The molecule has 1 saturated heterocycles. The van der Waals surface area contributed by atoms with Gasteiger partial charge in [0.2, 0.25) is 15.9 Å². The number of benzene rings is 2. The van der Waals surface area contributed by atoms with Gasteiger partial charge in [-0.1, -0.05) is 35.9 Å². The van der Waals surface area contributed by atoms with Crippen LogP contribution in [0.3, 0.4) is 0 Å². The summed E-state index contributed by atoms with van der Waals surface area (Å²) in [7, 11) is -3.65. The summed E-state index contributed by atoms with van der Waals surface area (Å²) >= 11 is 0. The molecule has 0 aliphatic carbocycles. The molecule has 1 atom stereocenters. The Hall–Kier alpha value is -2.77. The highest BCUT2D eigenvalue weighted by Gasteiger charge is 2.34. The highest BCUT2D eigenvalue weighted by molar-refractivity contribution is 7.89. The summed E-state index contributed by atoms with van der Waals surface area (Å²) in [6.45, 7) is 5.69. The summed E-state index contributed by atoms with van der Waals surface area (Å²) in [5.41, 5.74) is 3.38. The maximum Gasteiger partial charge on any atom is 0.243 e. The van der Waals surface area contributed by atoms with Gasteiger partial charge in [0.1, 0.15) is 5.78 Å². The van der Waals surface area contributed by atoms with Gasteiger partial charge in [0.05, 0.1) is 10.4 Å². The van der Waals surface area contributed by atoms with Crippen LogP contribution in [0.25, 0.3) is 10.9 Å². The number of rotatable bonds is 5. The number of ketones is 1. The van der Waals surface area contributed by atoms with Gasteiger partial charge in [0, 0.05) is 43.4 Å². The van der Waals surface area contributed by atoms with E-state index in [1.165, 1.54) is 11.2 Å². The molecular weight excluding hydrogens is 424 g/mol. The number of para-hydroxylation sites is 1. The van der Waals surface area contributed by atoms with E-state index < -0.39 is 10.0 Å². The van der Waals surface area contributed by atoms with Gasteiger partial charge in [-0.25, -0.2) is 8.42 Å². The van der Waals surface area contributed by atoms with Crippen molar-refractivity contribution in [1.29, 1.82) is 0 Å². The van der Waals surface area contributed by atoms with E-state index in [0.717, 1.165) is 34.1 Å². The summed E-state index contributed by atoms with van der Waals surface area (Å²) in [5, 5.41) is 0.881. The van der Waals surface area contributed by atoms with Crippen molar-refractivity contribution in [3.63, 3.8) is 0 Å². The Morgan fingerprint density at radius 2 is 1.72 bits per heavy atom. The van der Waals surface area contributed by atoms with Crippen LogP contribution in [0.4, 0.5) is 0 Å². The minimum atomic E-state index is -3.65. The number of hydrogen-bond acceptors (Lipinski definition) is 4. The fourth-order valence-corrected chi connectivity index (χ4v) is 6.30. The molecule has 1 aromatic heterocycles. The lowest BCUT2D eigenvalue weighted by Crippen LogP contribution is -2.40. The quantitative estimate of drug-likeness (QED) is 0.578. The number of carbonyl (C=O) groups is 2. The first kappa shape index (κ1) is 22.4. The van der Waals surface area contributed by atoms with E-state index in [-0.39, 0.29) is 35.5 Å². The van der Waals surface area contributed by atoms with Crippen LogP contribution in [0.2, 0.25) is 0 Å². The van der Waals surface area contributed by atoms with Gasteiger partial charge in [-0.3, -0.25) is 14.2 Å². The Balaban J connectivity index is 1.80. The van der Waals surface area contributed by atoms with Crippen molar-refractivity contribution in [3.8, 4) is 0 Å². The van der Waals surface area contributed by atoms with Crippen molar-refractivity contribution in [2.24, 2.45) is 0 Å². The average molecular weight is 453 g/mol. The molecule has 1 fully saturated rings. The molecule has 0 saturated carbocycles. The maximum absolute atomic E-state index is 13.3. The van der Waals surface area contributed by atoms with Crippen molar-refractivity contribution < 1.29 is 18.0 Å². The Morgan fingerprint density at radius 1 is 1.03 bits per heavy atom. The van der Waals surface area contributed by atoms with Crippen LogP contribution in [0.1, 0.15) is 54.2 Å². The molecule has 168 valence electrons. The summed E-state index contributed by atoms with van der Waals surface area (Å²) < 4.78 is 29.9. The Bertz CT molecular complexity index is 1290. The van der Waals surface area contributed by atoms with E-state index in [1.807, 2.05) is 31.2 Å². The van der Waals surface area contributed by atoms with E-state index in [0.29, 0.717) is 13.0 Å². The highest BCUT2D eigenvalue weighted by atomic mass is 32.2. The molecule has 2 aromatic carbocycles. The fourth-order valence-electron chi connectivity index (χ4n) is 4.77. The molecule has 1 aliphatic heterocycles. The normalized spacial score (nSPS) is 17.5. The van der Waals surface area contributed by atoms with Crippen LogP contribution in [0.15, 0.2) is 53.4 Å². The van der Waals surface area contributed by atoms with Crippen LogP contribution >= 0.6 is 0 Å². The van der Waals surface area contributed by atoms with Gasteiger partial charge in [-0.2, -0.15) is 4.31 Å². The van der Waals surface area contributed by atoms with Gasteiger partial charge in [-0.15, -0.1) is 0 Å². The molecule has 2 heterocycles. The SMILES string of the molecule is CC(=O)Cc1c(C2CCCN(S(=O)(=O)c3ccc(C)cc3)C2)n(C(C)=O)c2ccccc12. The summed E-state index contributed by atoms with van der Waals surface area (Å²) in [5.74, 6) is -0.295. The Kier molecular flexibility index (Phi) is 6.05. The highest BCUT2D eigenvalue weighted by Crippen LogP contribution is 2.37. The van der Waals surface area contributed by atoms with Crippen LogP contribution in [-0.2, 0) is 21.2 Å². The molecule has 0 spiro atoms. The van der Waals surface area contributed by atoms with Crippen molar-refractivity contribution in [2.75, 3.05) is 13.1 Å². The molecule has 0 N–H and O–H groups in total. The second kappa shape index (κ2) is 8.64. The molecule has 6 nitrogen and oxygen atoms in total. The van der Waals surface area contributed by atoms with Crippen LogP contribution in [-0.4, -0.2) is 42.1 Å². The minimum Gasteiger partial charge on any atom is -0.300 e. The standard InChI is InChI=1S/C25H28N2O4S/c1-17-10-12-21(13-11-17)32(30,31)26-14-6-7-20(16-26)25-23(15-18(2)28)22-8-4-5-9-24(22)27(25)19(3)29/h4-5,8-13,20H,6-7,14-16H2,1-3H3. The average Bonchev–Trinajstić information content (AvgIpc) is 3.08. The summed E-state index contributed by atoms with van der Waals surface area (Å²) in [6.07, 6.45) is 1.67. The number of Topliss-reactive ketones (excluding diaryl/α,β-unsaturated/α-hetero) is 1. The number of aromatic nitrogens is 1. The van der Waals surface area contributed by atoms with Crippen molar-refractivity contribution in [1.82, 2.24) is 8.87 Å². The second-order valence-electron chi connectivity index (χ2n) is 8.63. The first-order chi connectivity index (χ1) is 15.2. The lowest BCUT2D eigenvalue weighted by Gasteiger charge is -2.33. The second-order valence-corrected chi connectivity index (χ2v) is 10.6. The topological polar surface area (TPSA) is 76.5 Å². The van der Waals surface area contributed by atoms with Gasteiger partial charge in [0.15, 0.2) is 0 Å². The first-order valence-corrected chi connectivity index (χ1v) is 12.3. The number of carbonyl (C=O) groups excluding carboxylic acids is 2. The predicted octanol–water partition coefficient (Wildman–Crippen LogP) is 4.31. The van der Waals surface area contributed by atoms with E-state index in [1.54, 1.807) is 35.8 Å². The van der Waals surface area contributed by atoms with Crippen molar-refractivity contribution >= 4 is 32.6 Å². The monoisotopic (exact) mass is 452 g/mol.